The van der Waals surface area contributed by atoms with Crippen molar-refractivity contribution in [2.24, 2.45) is 0 Å². The Morgan fingerprint density at radius 2 is 2.17 bits per heavy atom. The molecule has 62 valence electrons. The topological polar surface area (TPSA) is 0 Å². The maximum Gasteiger partial charge on any atom is 0.141 e. The van der Waals surface area contributed by atoms with Crippen LogP contribution in [0.5, 0.6) is 0 Å². The van der Waals surface area contributed by atoms with Crippen LogP contribution in [0, 0.1) is 17.7 Å². The van der Waals surface area contributed by atoms with E-state index < -0.39 is 5.82 Å². The van der Waals surface area contributed by atoms with Crippen LogP contribution in [0.15, 0.2) is 18.2 Å². The van der Waals surface area contributed by atoms with Crippen LogP contribution in [0.2, 0.25) is 5.02 Å². The van der Waals surface area contributed by atoms with E-state index in [1.165, 1.54) is 12.1 Å². The zero-order chi connectivity index (χ0) is 8.97. The van der Waals surface area contributed by atoms with Gasteiger partial charge in [0.1, 0.15) is 5.82 Å². The molecule has 0 aromatic heterocycles. The average molecular weight is 203 g/mol. The van der Waals surface area contributed by atoms with Crippen molar-refractivity contribution in [3.63, 3.8) is 0 Å². The second-order valence-corrected chi connectivity index (χ2v) is 2.74. The van der Waals surface area contributed by atoms with Crippen LogP contribution in [-0.2, 0) is 0 Å². The highest BCUT2D eigenvalue weighted by molar-refractivity contribution is 6.30. The first-order valence-corrected chi connectivity index (χ1v) is 4.15. The van der Waals surface area contributed by atoms with Crippen LogP contribution in [0.3, 0.4) is 0 Å². The van der Waals surface area contributed by atoms with Crippen molar-refractivity contribution in [1.82, 2.24) is 0 Å². The quantitative estimate of drug-likeness (QED) is 0.449. The summed E-state index contributed by atoms with van der Waals surface area (Å²) in [6.45, 7) is 0. The predicted molar refractivity (Wildman–Crippen MR) is 49.0 cm³/mol. The minimum Gasteiger partial charge on any atom is -0.205 e. The van der Waals surface area contributed by atoms with Crippen LogP contribution < -0.4 is 0 Å². The Balaban J connectivity index is 2.97. The second-order valence-electron chi connectivity index (χ2n) is 2.06. The van der Waals surface area contributed by atoms with Crippen LogP contribution >= 0.6 is 23.2 Å². The fourth-order valence-corrected chi connectivity index (χ4v) is 0.957. The third-order valence-corrected chi connectivity index (χ3v) is 1.64. The summed E-state index contributed by atoms with van der Waals surface area (Å²) in [5.41, 5.74) is 0.669. The van der Waals surface area contributed by atoms with Crippen molar-refractivity contribution in [3.8, 4) is 11.8 Å². The molecule has 1 aromatic rings. The van der Waals surface area contributed by atoms with Gasteiger partial charge in [0.25, 0.3) is 0 Å². The Kier molecular flexibility index (Phi) is 3.40. The van der Waals surface area contributed by atoms with Crippen LogP contribution in [-0.4, -0.2) is 5.88 Å². The molecule has 1 aromatic carbocycles. The van der Waals surface area contributed by atoms with Gasteiger partial charge in [0.15, 0.2) is 0 Å². The summed E-state index contributed by atoms with van der Waals surface area (Å²) in [6, 6.07) is 4.30. The molecule has 0 saturated heterocycles. The first kappa shape index (κ1) is 9.38. The van der Waals surface area contributed by atoms with E-state index in [-0.39, 0.29) is 10.9 Å². The van der Waals surface area contributed by atoms with Crippen LogP contribution in [0.1, 0.15) is 5.56 Å². The first-order valence-electron chi connectivity index (χ1n) is 3.24. The molecule has 0 atom stereocenters. The third kappa shape index (κ3) is 2.41. The van der Waals surface area contributed by atoms with E-state index in [2.05, 4.69) is 11.8 Å². The molecule has 0 aliphatic heterocycles. The summed E-state index contributed by atoms with van der Waals surface area (Å²) in [5, 5.41) is 0.0800. The van der Waals surface area contributed by atoms with Gasteiger partial charge in [-0.05, 0) is 18.2 Å². The molecule has 1 rings (SSSR count). The third-order valence-electron chi connectivity index (χ3n) is 1.22. The smallest absolute Gasteiger partial charge is 0.141 e. The molecule has 0 spiro atoms. The maximum atomic E-state index is 12.6. The summed E-state index contributed by atoms with van der Waals surface area (Å²) >= 11 is 10.9. The van der Waals surface area contributed by atoms with E-state index in [1.807, 2.05) is 0 Å². The fourth-order valence-electron chi connectivity index (χ4n) is 0.709. The van der Waals surface area contributed by atoms with Crippen LogP contribution in [0.25, 0.3) is 0 Å². The highest BCUT2D eigenvalue weighted by Gasteiger charge is 1.97. The Bertz CT molecular complexity index is 336. The lowest BCUT2D eigenvalue weighted by Gasteiger charge is -1.93. The van der Waals surface area contributed by atoms with Gasteiger partial charge in [-0.3, -0.25) is 0 Å². The van der Waals surface area contributed by atoms with Gasteiger partial charge in [0.05, 0.1) is 10.9 Å². The summed E-state index contributed by atoms with van der Waals surface area (Å²) in [4.78, 5) is 0. The molecule has 0 bridgehead atoms. The second kappa shape index (κ2) is 4.35. The SMILES string of the molecule is Fc1ccc(C#CCCl)cc1Cl. The van der Waals surface area contributed by atoms with Gasteiger partial charge in [0.2, 0.25) is 0 Å². The number of hydrogen-bond donors (Lipinski definition) is 0. The molecular formula is C9H5Cl2F. The number of benzene rings is 1. The van der Waals surface area contributed by atoms with Crippen LogP contribution in [0.4, 0.5) is 4.39 Å². The van der Waals surface area contributed by atoms with Gasteiger partial charge in [-0.15, -0.1) is 11.6 Å². The molecule has 0 unspecified atom stereocenters. The van der Waals surface area contributed by atoms with Crippen molar-refractivity contribution in [2.45, 2.75) is 0 Å². The molecule has 0 amide bonds. The lowest BCUT2D eigenvalue weighted by Crippen LogP contribution is -1.79. The van der Waals surface area contributed by atoms with Crippen molar-refractivity contribution in [1.29, 1.82) is 0 Å². The van der Waals surface area contributed by atoms with Gasteiger partial charge in [-0.1, -0.05) is 23.4 Å². The monoisotopic (exact) mass is 202 g/mol. The average Bonchev–Trinajstić information content (AvgIpc) is 2.07. The van der Waals surface area contributed by atoms with E-state index in [1.54, 1.807) is 6.07 Å². The number of rotatable bonds is 0. The molecule has 0 saturated carbocycles. The Morgan fingerprint density at radius 1 is 1.42 bits per heavy atom. The molecule has 0 N–H and O–H groups in total. The van der Waals surface area contributed by atoms with E-state index >= 15 is 0 Å². The van der Waals surface area contributed by atoms with Crippen molar-refractivity contribution >= 4 is 23.2 Å². The van der Waals surface area contributed by atoms with Gasteiger partial charge < -0.3 is 0 Å². The normalized spacial score (nSPS) is 8.92. The predicted octanol–water partition coefficient (Wildman–Crippen LogP) is 3.07. The lowest BCUT2D eigenvalue weighted by atomic mass is 10.2. The van der Waals surface area contributed by atoms with Crippen molar-refractivity contribution < 1.29 is 4.39 Å². The molecule has 3 heteroatoms. The largest absolute Gasteiger partial charge is 0.205 e. The zero-order valence-corrected chi connectivity index (χ0v) is 7.58. The summed E-state index contributed by atoms with van der Waals surface area (Å²) in [6.07, 6.45) is 0. The lowest BCUT2D eigenvalue weighted by molar-refractivity contribution is 0.628. The minimum absolute atomic E-state index is 0.0800. The summed E-state index contributed by atoms with van der Waals surface area (Å²) in [5.74, 6) is 5.20. The van der Waals surface area contributed by atoms with E-state index in [4.69, 9.17) is 23.2 Å². The van der Waals surface area contributed by atoms with Crippen molar-refractivity contribution in [3.05, 3.63) is 34.6 Å². The molecule has 0 nitrogen and oxygen atoms in total. The molecule has 0 fully saturated rings. The molecule has 12 heavy (non-hydrogen) atoms. The van der Waals surface area contributed by atoms with E-state index in [0.717, 1.165) is 0 Å². The maximum absolute atomic E-state index is 12.6. The van der Waals surface area contributed by atoms with Gasteiger partial charge in [-0.2, -0.15) is 0 Å². The molecule has 0 heterocycles. The fraction of sp³-hybridized carbons (Fsp3) is 0.111. The molecule has 0 aliphatic carbocycles. The van der Waals surface area contributed by atoms with Gasteiger partial charge in [-0.25, -0.2) is 4.39 Å². The number of hydrogen-bond acceptors (Lipinski definition) is 0. The summed E-state index contributed by atoms with van der Waals surface area (Å²) in [7, 11) is 0. The Hall–Kier alpha value is -0.710. The molecular weight excluding hydrogens is 198 g/mol. The number of alkyl halides is 1. The number of halogens is 3. The first-order chi connectivity index (χ1) is 5.74. The van der Waals surface area contributed by atoms with E-state index in [9.17, 15) is 4.39 Å². The molecule has 0 aliphatic rings. The zero-order valence-electron chi connectivity index (χ0n) is 6.07. The van der Waals surface area contributed by atoms with Gasteiger partial charge >= 0.3 is 0 Å². The highest BCUT2D eigenvalue weighted by atomic mass is 35.5. The van der Waals surface area contributed by atoms with E-state index in [0.29, 0.717) is 5.56 Å². The Morgan fingerprint density at radius 3 is 2.75 bits per heavy atom. The highest BCUT2D eigenvalue weighted by Crippen LogP contribution is 2.14. The Labute approximate surface area is 80.3 Å². The molecule has 0 radical (unpaired) electrons. The minimum atomic E-state index is -0.437. The van der Waals surface area contributed by atoms with Crippen molar-refractivity contribution in [2.75, 3.05) is 5.88 Å². The standard InChI is InChI=1S/C9H5Cl2F/c10-5-1-2-7-3-4-9(12)8(11)6-7/h3-4,6H,5H2. The summed E-state index contributed by atoms with van der Waals surface area (Å²) < 4.78 is 12.6. The van der Waals surface area contributed by atoms with Gasteiger partial charge in [0, 0.05) is 5.56 Å².